The second-order valence-electron chi connectivity index (χ2n) is 4.42. The van der Waals surface area contributed by atoms with Gasteiger partial charge in [-0.15, -0.1) is 0 Å². The molecule has 114 valence electrons. The molecule has 0 heterocycles. The molecule has 0 saturated heterocycles. The third kappa shape index (κ3) is 6.39. The first-order chi connectivity index (χ1) is 10.2. The van der Waals surface area contributed by atoms with Gasteiger partial charge in [0.05, 0.1) is 18.7 Å². The molecule has 0 radical (unpaired) electrons. The zero-order valence-corrected chi connectivity index (χ0v) is 12.2. The van der Waals surface area contributed by atoms with Crippen LogP contribution in [0.1, 0.15) is 35.7 Å². The van der Waals surface area contributed by atoms with Crippen LogP contribution in [0.3, 0.4) is 0 Å². The third-order valence-corrected chi connectivity index (χ3v) is 2.73. The molecule has 1 rings (SSSR count). The summed E-state index contributed by atoms with van der Waals surface area (Å²) >= 11 is 0. The van der Waals surface area contributed by atoms with Crippen LogP contribution in [0.4, 0.5) is 4.39 Å². The SMILES string of the molecule is CCCCOCCNC(=O)c1cc(F)ccc1C#CCN. The highest BCUT2D eigenvalue weighted by Gasteiger charge is 2.11. The van der Waals surface area contributed by atoms with Crippen LogP contribution >= 0.6 is 0 Å². The lowest BCUT2D eigenvalue weighted by molar-refractivity contribution is 0.0912. The first-order valence-electron chi connectivity index (χ1n) is 7.03. The van der Waals surface area contributed by atoms with Gasteiger partial charge in [-0.2, -0.15) is 0 Å². The van der Waals surface area contributed by atoms with Gasteiger partial charge < -0.3 is 15.8 Å². The van der Waals surface area contributed by atoms with Crippen LogP contribution in [0.2, 0.25) is 0 Å². The minimum atomic E-state index is -0.474. The predicted octanol–water partition coefficient (Wildman–Crippen LogP) is 1.68. The molecular weight excluding hydrogens is 271 g/mol. The zero-order chi connectivity index (χ0) is 15.5. The molecule has 0 aliphatic carbocycles. The van der Waals surface area contributed by atoms with E-state index in [1.165, 1.54) is 18.2 Å². The number of unbranched alkanes of at least 4 members (excludes halogenated alkanes) is 1. The van der Waals surface area contributed by atoms with Crippen LogP contribution in [-0.2, 0) is 4.74 Å². The van der Waals surface area contributed by atoms with Crippen LogP contribution in [-0.4, -0.2) is 32.2 Å². The van der Waals surface area contributed by atoms with Gasteiger partial charge in [-0.05, 0) is 24.6 Å². The molecule has 0 aliphatic heterocycles. The highest BCUT2D eigenvalue weighted by molar-refractivity contribution is 5.96. The molecule has 0 aromatic heterocycles. The second kappa shape index (κ2) is 9.92. The van der Waals surface area contributed by atoms with Gasteiger partial charge >= 0.3 is 0 Å². The van der Waals surface area contributed by atoms with E-state index in [2.05, 4.69) is 24.1 Å². The van der Waals surface area contributed by atoms with Crippen molar-refractivity contribution in [3.8, 4) is 11.8 Å². The van der Waals surface area contributed by atoms with Gasteiger partial charge in [0.1, 0.15) is 5.82 Å². The molecule has 1 aromatic carbocycles. The third-order valence-electron chi connectivity index (χ3n) is 2.73. The normalized spacial score (nSPS) is 9.86. The van der Waals surface area contributed by atoms with Crippen LogP contribution in [0.5, 0.6) is 0 Å². The summed E-state index contributed by atoms with van der Waals surface area (Å²) in [5.41, 5.74) is 5.98. The van der Waals surface area contributed by atoms with Crippen molar-refractivity contribution in [1.29, 1.82) is 0 Å². The number of carbonyl (C=O) groups excluding carboxylic acids is 1. The fourth-order valence-corrected chi connectivity index (χ4v) is 1.64. The van der Waals surface area contributed by atoms with Gasteiger partial charge in [-0.25, -0.2) is 4.39 Å². The van der Waals surface area contributed by atoms with Crippen molar-refractivity contribution in [2.45, 2.75) is 19.8 Å². The smallest absolute Gasteiger partial charge is 0.252 e. The minimum Gasteiger partial charge on any atom is -0.380 e. The Balaban J connectivity index is 2.58. The number of halogens is 1. The summed E-state index contributed by atoms with van der Waals surface area (Å²) in [5, 5.41) is 2.69. The molecule has 5 heteroatoms. The van der Waals surface area contributed by atoms with Crippen molar-refractivity contribution in [3.63, 3.8) is 0 Å². The van der Waals surface area contributed by atoms with Crippen molar-refractivity contribution in [2.24, 2.45) is 5.73 Å². The molecule has 1 amide bonds. The Hall–Kier alpha value is -1.90. The monoisotopic (exact) mass is 292 g/mol. The molecule has 0 fully saturated rings. The van der Waals surface area contributed by atoms with Crippen molar-refractivity contribution in [3.05, 3.63) is 35.1 Å². The van der Waals surface area contributed by atoms with Crippen LogP contribution in [0.25, 0.3) is 0 Å². The van der Waals surface area contributed by atoms with Crippen LogP contribution < -0.4 is 11.1 Å². The summed E-state index contributed by atoms with van der Waals surface area (Å²) < 4.78 is 18.6. The lowest BCUT2D eigenvalue weighted by Crippen LogP contribution is -2.28. The van der Waals surface area contributed by atoms with Gasteiger partial charge in [0, 0.05) is 18.7 Å². The van der Waals surface area contributed by atoms with Crippen LogP contribution in [0.15, 0.2) is 18.2 Å². The number of ether oxygens (including phenoxy) is 1. The molecule has 0 aliphatic rings. The number of hydrogen-bond donors (Lipinski definition) is 2. The number of benzene rings is 1. The maximum Gasteiger partial charge on any atom is 0.252 e. The summed E-state index contributed by atoms with van der Waals surface area (Å²) in [6.45, 7) is 3.76. The highest BCUT2D eigenvalue weighted by Crippen LogP contribution is 2.10. The predicted molar refractivity (Wildman–Crippen MR) is 80.4 cm³/mol. The fraction of sp³-hybridized carbons (Fsp3) is 0.438. The molecule has 0 bridgehead atoms. The average molecular weight is 292 g/mol. The molecule has 3 N–H and O–H groups in total. The largest absolute Gasteiger partial charge is 0.380 e. The summed E-state index contributed by atoms with van der Waals surface area (Å²) in [7, 11) is 0. The van der Waals surface area contributed by atoms with Crippen LogP contribution in [0, 0.1) is 17.7 Å². The van der Waals surface area contributed by atoms with E-state index in [1.54, 1.807) is 0 Å². The Morgan fingerprint density at radius 1 is 1.43 bits per heavy atom. The van der Waals surface area contributed by atoms with E-state index < -0.39 is 5.82 Å². The zero-order valence-electron chi connectivity index (χ0n) is 12.2. The molecule has 0 atom stereocenters. The van der Waals surface area contributed by atoms with Gasteiger partial charge in [-0.3, -0.25) is 4.79 Å². The molecule has 1 aromatic rings. The average Bonchev–Trinajstić information content (AvgIpc) is 2.49. The molecule has 0 spiro atoms. The van der Waals surface area contributed by atoms with E-state index in [9.17, 15) is 9.18 Å². The van der Waals surface area contributed by atoms with Crippen molar-refractivity contribution >= 4 is 5.91 Å². The molecule has 21 heavy (non-hydrogen) atoms. The number of nitrogens with two attached hydrogens (primary N) is 1. The second-order valence-corrected chi connectivity index (χ2v) is 4.42. The van der Waals surface area contributed by atoms with Gasteiger partial charge in [-0.1, -0.05) is 25.2 Å². The first-order valence-corrected chi connectivity index (χ1v) is 7.03. The Labute approximate surface area is 124 Å². The Kier molecular flexibility index (Phi) is 8.10. The standard InChI is InChI=1S/C16H21FN2O2/c1-2-3-10-21-11-9-19-16(20)15-12-14(17)7-6-13(15)5-4-8-18/h6-7,12H,2-3,8-11,18H2,1H3,(H,19,20). The Bertz CT molecular complexity index is 521. The number of rotatable bonds is 7. The molecule has 0 unspecified atom stereocenters. The summed E-state index contributed by atoms with van der Waals surface area (Å²) in [5.74, 6) is 4.59. The summed E-state index contributed by atoms with van der Waals surface area (Å²) in [6, 6.07) is 3.92. The maximum absolute atomic E-state index is 13.3. The lowest BCUT2D eigenvalue weighted by Gasteiger charge is -2.08. The number of hydrogen-bond acceptors (Lipinski definition) is 3. The molecule has 4 nitrogen and oxygen atoms in total. The number of carbonyl (C=O) groups is 1. The van der Waals surface area contributed by atoms with Crippen molar-refractivity contribution < 1.29 is 13.9 Å². The topological polar surface area (TPSA) is 64.3 Å². The van der Waals surface area contributed by atoms with Gasteiger partial charge in [0.25, 0.3) is 5.91 Å². The highest BCUT2D eigenvalue weighted by atomic mass is 19.1. The van der Waals surface area contributed by atoms with E-state index in [0.29, 0.717) is 25.3 Å². The first kappa shape index (κ1) is 17.2. The van der Waals surface area contributed by atoms with E-state index in [0.717, 1.165) is 12.8 Å². The lowest BCUT2D eigenvalue weighted by atomic mass is 10.1. The quantitative estimate of drug-likeness (QED) is 0.593. The van der Waals surface area contributed by atoms with Crippen molar-refractivity contribution in [1.82, 2.24) is 5.32 Å². The summed E-state index contributed by atoms with van der Waals surface area (Å²) in [6.07, 6.45) is 2.06. The number of amides is 1. The Morgan fingerprint density at radius 2 is 2.24 bits per heavy atom. The van der Waals surface area contributed by atoms with Crippen molar-refractivity contribution in [2.75, 3.05) is 26.3 Å². The summed E-state index contributed by atoms with van der Waals surface area (Å²) in [4.78, 5) is 12.0. The maximum atomic E-state index is 13.3. The molecular formula is C16H21FN2O2. The number of nitrogens with one attached hydrogen (secondary N) is 1. The van der Waals surface area contributed by atoms with Gasteiger partial charge in [0.15, 0.2) is 0 Å². The van der Waals surface area contributed by atoms with E-state index >= 15 is 0 Å². The van der Waals surface area contributed by atoms with E-state index in [-0.39, 0.29) is 18.0 Å². The van der Waals surface area contributed by atoms with Gasteiger partial charge in [0.2, 0.25) is 0 Å². The Morgan fingerprint density at radius 3 is 2.95 bits per heavy atom. The minimum absolute atomic E-state index is 0.184. The molecule has 0 saturated carbocycles. The van der Waals surface area contributed by atoms with E-state index in [1.807, 2.05) is 0 Å². The van der Waals surface area contributed by atoms with E-state index in [4.69, 9.17) is 10.5 Å². The fourth-order valence-electron chi connectivity index (χ4n) is 1.64.